The average Bonchev–Trinajstić information content (AvgIpc) is 3.10. The Kier molecular flexibility index (Phi) is 3.36. The van der Waals surface area contributed by atoms with E-state index >= 15 is 0 Å². The van der Waals surface area contributed by atoms with E-state index in [1.807, 2.05) is 12.1 Å². The second kappa shape index (κ2) is 5.81. The van der Waals surface area contributed by atoms with Gasteiger partial charge in [-0.05, 0) is 54.3 Å². The summed E-state index contributed by atoms with van der Waals surface area (Å²) in [6.07, 6.45) is 7.49. The SMILES string of the molecule is [2H]c1ccc2c(-c3cc(C4CCCC4)ccc3C)[n+](C)ccc2c1. The van der Waals surface area contributed by atoms with E-state index < -0.39 is 0 Å². The van der Waals surface area contributed by atoms with Gasteiger partial charge in [0, 0.05) is 11.6 Å². The smallest absolute Gasteiger partial charge is 0.200 e. The van der Waals surface area contributed by atoms with E-state index in [0.29, 0.717) is 6.04 Å². The first-order valence-electron chi connectivity index (χ1n) is 9.13. The van der Waals surface area contributed by atoms with Crippen molar-refractivity contribution in [2.24, 2.45) is 7.05 Å². The largest absolute Gasteiger partial charge is 0.220 e. The fourth-order valence-corrected chi connectivity index (χ4v) is 4.00. The molecule has 0 amide bonds. The zero-order valence-electron chi connectivity index (χ0n) is 15.0. The quantitative estimate of drug-likeness (QED) is 0.566. The Labute approximate surface area is 140 Å². The minimum absolute atomic E-state index is 0.568. The number of hydrogen-bond donors (Lipinski definition) is 0. The van der Waals surface area contributed by atoms with Gasteiger partial charge in [0.15, 0.2) is 6.20 Å². The third-order valence-corrected chi connectivity index (χ3v) is 5.32. The molecule has 0 bridgehead atoms. The van der Waals surface area contributed by atoms with Gasteiger partial charge in [-0.25, -0.2) is 4.57 Å². The summed E-state index contributed by atoms with van der Waals surface area (Å²) in [7, 11) is 2.12. The maximum atomic E-state index is 7.89. The molecule has 0 unspecified atom stereocenters. The number of pyridine rings is 1. The Morgan fingerprint density at radius 3 is 2.74 bits per heavy atom. The monoisotopic (exact) mass is 303 g/mol. The van der Waals surface area contributed by atoms with Gasteiger partial charge in [-0.2, -0.15) is 0 Å². The van der Waals surface area contributed by atoms with Crippen molar-refractivity contribution in [3.8, 4) is 11.3 Å². The van der Waals surface area contributed by atoms with Crippen LogP contribution < -0.4 is 4.57 Å². The summed E-state index contributed by atoms with van der Waals surface area (Å²) in [4.78, 5) is 0. The molecule has 23 heavy (non-hydrogen) atoms. The molecular formula is C22H24N+. The number of aromatic nitrogens is 1. The highest BCUT2D eigenvalue weighted by Crippen LogP contribution is 2.37. The Morgan fingerprint density at radius 2 is 1.91 bits per heavy atom. The highest BCUT2D eigenvalue weighted by atomic mass is 14.9. The number of rotatable bonds is 2. The summed E-state index contributed by atoms with van der Waals surface area (Å²) < 4.78 is 10.1. The lowest BCUT2D eigenvalue weighted by atomic mass is 9.91. The van der Waals surface area contributed by atoms with E-state index in [-0.39, 0.29) is 0 Å². The number of fused-ring (bicyclic) bond motifs is 1. The molecule has 1 heteroatoms. The number of benzene rings is 2. The van der Waals surface area contributed by atoms with Crippen LogP contribution in [-0.2, 0) is 7.05 Å². The number of aryl methyl sites for hydroxylation is 2. The van der Waals surface area contributed by atoms with Crippen molar-refractivity contribution in [1.82, 2.24) is 0 Å². The van der Waals surface area contributed by atoms with E-state index in [1.54, 1.807) is 0 Å². The summed E-state index contributed by atoms with van der Waals surface area (Å²) in [6.45, 7) is 2.20. The van der Waals surface area contributed by atoms with Gasteiger partial charge in [0.1, 0.15) is 7.05 Å². The van der Waals surface area contributed by atoms with Crippen LogP contribution in [0.15, 0.2) is 54.7 Å². The standard InChI is InChI=1S/C22H24N/c1-16-11-12-19(17-7-3-4-8-17)15-21(16)22-20-10-6-5-9-18(20)13-14-23(22)2/h5-6,9-15,17H,3-4,7-8H2,1-2H3/q+1/i5D. The Hall–Kier alpha value is -2.15. The molecule has 0 N–H and O–H groups in total. The second-order valence-electron chi connectivity index (χ2n) is 6.84. The Bertz CT molecular complexity index is 907. The highest BCUT2D eigenvalue weighted by Gasteiger charge is 2.21. The molecule has 1 aliphatic carbocycles. The first-order chi connectivity index (χ1) is 11.6. The maximum absolute atomic E-state index is 7.89. The Balaban J connectivity index is 1.93. The lowest BCUT2D eigenvalue weighted by molar-refractivity contribution is -0.659. The highest BCUT2D eigenvalue weighted by molar-refractivity contribution is 5.93. The van der Waals surface area contributed by atoms with Crippen molar-refractivity contribution in [3.63, 3.8) is 0 Å². The fraction of sp³-hybridized carbons (Fsp3) is 0.318. The normalized spacial score (nSPS) is 16.0. The zero-order chi connectivity index (χ0) is 16.7. The molecule has 1 nitrogen and oxygen atoms in total. The van der Waals surface area contributed by atoms with Gasteiger partial charge in [-0.15, -0.1) is 0 Å². The third-order valence-electron chi connectivity index (χ3n) is 5.32. The molecule has 116 valence electrons. The van der Waals surface area contributed by atoms with Crippen molar-refractivity contribution in [1.29, 1.82) is 0 Å². The van der Waals surface area contributed by atoms with Crippen LogP contribution in [0, 0.1) is 6.92 Å². The van der Waals surface area contributed by atoms with Crippen LogP contribution in [0.25, 0.3) is 22.0 Å². The van der Waals surface area contributed by atoms with E-state index in [9.17, 15) is 0 Å². The Morgan fingerprint density at radius 1 is 1.09 bits per heavy atom. The predicted octanol–water partition coefficient (Wildman–Crippen LogP) is 5.30. The molecule has 1 saturated carbocycles. The molecular weight excluding hydrogens is 278 g/mol. The summed E-state index contributed by atoms with van der Waals surface area (Å²) in [5, 5.41) is 2.36. The summed E-state index contributed by atoms with van der Waals surface area (Å²) in [6, 6.07) is 15.6. The lowest BCUT2D eigenvalue weighted by Gasteiger charge is -2.13. The summed E-state index contributed by atoms with van der Waals surface area (Å²) in [5.41, 5.74) is 5.38. The molecule has 0 atom stereocenters. The van der Waals surface area contributed by atoms with E-state index in [1.165, 1.54) is 53.5 Å². The molecule has 1 heterocycles. The van der Waals surface area contributed by atoms with E-state index in [2.05, 4.69) is 55.1 Å². The van der Waals surface area contributed by atoms with Gasteiger partial charge in [0.2, 0.25) is 5.69 Å². The fourth-order valence-electron chi connectivity index (χ4n) is 4.00. The third kappa shape index (κ3) is 2.55. The van der Waals surface area contributed by atoms with E-state index in [0.717, 1.165) is 11.3 Å². The van der Waals surface area contributed by atoms with Gasteiger partial charge < -0.3 is 0 Å². The predicted molar refractivity (Wildman–Crippen MR) is 96.5 cm³/mol. The molecule has 0 radical (unpaired) electrons. The van der Waals surface area contributed by atoms with Crippen molar-refractivity contribution in [2.45, 2.75) is 38.5 Å². The molecule has 1 fully saturated rings. The second-order valence-corrected chi connectivity index (χ2v) is 6.84. The molecule has 2 aromatic carbocycles. The first-order valence-corrected chi connectivity index (χ1v) is 8.63. The van der Waals surface area contributed by atoms with Crippen LogP contribution in [0.3, 0.4) is 0 Å². The molecule has 1 aromatic heterocycles. The molecule has 1 aliphatic rings. The van der Waals surface area contributed by atoms with Crippen molar-refractivity contribution < 1.29 is 5.94 Å². The van der Waals surface area contributed by atoms with Gasteiger partial charge in [-0.3, -0.25) is 0 Å². The maximum Gasteiger partial charge on any atom is 0.220 e. The van der Waals surface area contributed by atoms with Crippen LogP contribution in [0.2, 0.25) is 0 Å². The summed E-state index contributed by atoms with van der Waals surface area (Å²) in [5.74, 6) is 0.726. The molecule has 0 spiro atoms. The zero-order valence-corrected chi connectivity index (χ0v) is 14.0. The first kappa shape index (κ1) is 13.3. The van der Waals surface area contributed by atoms with Crippen LogP contribution in [0.4, 0.5) is 0 Å². The van der Waals surface area contributed by atoms with Crippen LogP contribution in [0.5, 0.6) is 0 Å². The van der Waals surface area contributed by atoms with E-state index in [4.69, 9.17) is 1.37 Å². The minimum Gasteiger partial charge on any atom is -0.200 e. The molecule has 0 aliphatic heterocycles. The van der Waals surface area contributed by atoms with Crippen molar-refractivity contribution in [3.05, 3.63) is 65.8 Å². The summed E-state index contributed by atoms with van der Waals surface area (Å²) >= 11 is 0. The van der Waals surface area contributed by atoms with Gasteiger partial charge in [0.05, 0.1) is 6.76 Å². The number of hydrogen-bond acceptors (Lipinski definition) is 0. The minimum atomic E-state index is 0.568. The topological polar surface area (TPSA) is 3.88 Å². The molecule has 3 aromatic rings. The number of nitrogens with zero attached hydrogens (tertiary/aromatic N) is 1. The lowest BCUT2D eigenvalue weighted by Crippen LogP contribution is -2.30. The van der Waals surface area contributed by atoms with Crippen LogP contribution in [-0.4, -0.2) is 0 Å². The molecule has 0 saturated heterocycles. The van der Waals surface area contributed by atoms with Gasteiger partial charge in [-0.1, -0.05) is 43.1 Å². The van der Waals surface area contributed by atoms with Crippen LogP contribution in [0.1, 0.15) is 44.1 Å². The van der Waals surface area contributed by atoms with Gasteiger partial charge in [0.25, 0.3) is 0 Å². The van der Waals surface area contributed by atoms with Crippen LogP contribution >= 0.6 is 0 Å². The average molecular weight is 303 g/mol. The van der Waals surface area contributed by atoms with Crippen molar-refractivity contribution in [2.75, 3.05) is 0 Å². The van der Waals surface area contributed by atoms with Crippen molar-refractivity contribution >= 4 is 10.8 Å². The van der Waals surface area contributed by atoms with Gasteiger partial charge >= 0.3 is 0 Å². The molecule has 4 rings (SSSR count).